The van der Waals surface area contributed by atoms with Crippen molar-refractivity contribution in [1.29, 1.82) is 0 Å². The van der Waals surface area contributed by atoms with Crippen LogP contribution in [0.4, 0.5) is 11.5 Å². The van der Waals surface area contributed by atoms with E-state index in [-0.39, 0.29) is 11.6 Å². The third-order valence-electron chi connectivity index (χ3n) is 2.12. The SMILES string of the molecule is CCCNc1cc([N+](=O)[O-])cc(OCC(C)C)n1. The summed E-state index contributed by atoms with van der Waals surface area (Å²) in [6, 6.07) is 2.76. The van der Waals surface area contributed by atoms with Gasteiger partial charge in [0, 0.05) is 6.54 Å². The zero-order valence-corrected chi connectivity index (χ0v) is 11.0. The number of pyridine rings is 1. The summed E-state index contributed by atoms with van der Waals surface area (Å²) in [5, 5.41) is 13.8. The standard InChI is InChI=1S/C12H19N3O3/c1-4-5-13-11-6-10(15(16)17)7-12(14-11)18-8-9(2)3/h6-7,9H,4-5,8H2,1-3H3,(H,13,14). The van der Waals surface area contributed by atoms with Gasteiger partial charge < -0.3 is 10.1 Å². The van der Waals surface area contributed by atoms with Crippen molar-refractivity contribution in [2.75, 3.05) is 18.5 Å². The summed E-state index contributed by atoms with van der Waals surface area (Å²) in [6.45, 7) is 7.24. The molecule has 6 heteroatoms. The lowest BCUT2D eigenvalue weighted by Gasteiger charge is -2.10. The van der Waals surface area contributed by atoms with Crippen LogP contribution in [0.15, 0.2) is 12.1 Å². The van der Waals surface area contributed by atoms with Gasteiger partial charge in [0.1, 0.15) is 5.82 Å². The van der Waals surface area contributed by atoms with Gasteiger partial charge >= 0.3 is 0 Å². The van der Waals surface area contributed by atoms with Gasteiger partial charge in [-0.2, -0.15) is 4.98 Å². The summed E-state index contributed by atoms with van der Waals surface area (Å²) < 4.78 is 5.42. The third kappa shape index (κ3) is 4.57. The molecule has 6 nitrogen and oxygen atoms in total. The van der Waals surface area contributed by atoms with Crippen molar-refractivity contribution in [2.24, 2.45) is 5.92 Å². The molecular formula is C12H19N3O3. The first-order valence-corrected chi connectivity index (χ1v) is 6.06. The summed E-state index contributed by atoms with van der Waals surface area (Å²) in [5.41, 5.74) is -0.0117. The Morgan fingerprint density at radius 3 is 2.78 bits per heavy atom. The van der Waals surface area contributed by atoms with Crippen LogP contribution in [0.25, 0.3) is 0 Å². The van der Waals surface area contributed by atoms with E-state index in [9.17, 15) is 10.1 Å². The minimum absolute atomic E-state index is 0.0117. The van der Waals surface area contributed by atoms with Crippen molar-refractivity contribution in [2.45, 2.75) is 27.2 Å². The van der Waals surface area contributed by atoms with E-state index in [1.165, 1.54) is 12.1 Å². The van der Waals surface area contributed by atoms with E-state index in [1.807, 2.05) is 20.8 Å². The Bertz CT molecular complexity index is 408. The molecule has 0 aliphatic rings. The molecule has 1 aromatic heterocycles. The Balaban J connectivity index is 2.87. The average molecular weight is 253 g/mol. The maximum absolute atomic E-state index is 10.8. The van der Waals surface area contributed by atoms with Crippen molar-refractivity contribution in [3.63, 3.8) is 0 Å². The van der Waals surface area contributed by atoms with E-state index in [0.29, 0.717) is 18.3 Å². The molecule has 1 N–H and O–H groups in total. The highest BCUT2D eigenvalue weighted by Gasteiger charge is 2.12. The van der Waals surface area contributed by atoms with E-state index >= 15 is 0 Å². The fraction of sp³-hybridized carbons (Fsp3) is 0.583. The Morgan fingerprint density at radius 2 is 2.22 bits per heavy atom. The zero-order chi connectivity index (χ0) is 13.5. The molecule has 0 aromatic carbocycles. The van der Waals surface area contributed by atoms with Gasteiger partial charge in [0.05, 0.1) is 23.7 Å². The molecule has 0 radical (unpaired) electrons. The lowest BCUT2D eigenvalue weighted by atomic mass is 10.2. The third-order valence-corrected chi connectivity index (χ3v) is 2.12. The summed E-state index contributed by atoms with van der Waals surface area (Å²) in [5.74, 6) is 1.11. The van der Waals surface area contributed by atoms with Gasteiger partial charge in [-0.3, -0.25) is 10.1 Å². The number of anilines is 1. The molecule has 0 aliphatic carbocycles. The number of hydrogen-bond donors (Lipinski definition) is 1. The molecule has 0 fully saturated rings. The molecule has 1 rings (SSSR count). The zero-order valence-electron chi connectivity index (χ0n) is 11.0. The summed E-state index contributed by atoms with van der Waals surface area (Å²) in [4.78, 5) is 14.6. The second-order valence-electron chi connectivity index (χ2n) is 4.44. The van der Waals surface area contributed by atoms with Crippen LogP contribution in [0.1, 0.15) is 27.2 Å². The Kier molecular flexibility index (Phi) is 5.35. The van der Waals surface area contributed by atoms with Gasteiger partial charge in [0.2, 0.25) is 5.88 Å². The maximum atomic E-state index is 10.8. The maximum Gasteiger partial charge on any atom is 0.278 e. The molecule has 0 saturated heterocycles. The smallest absolute Gasteiger partial charge is 0.278 e. The highest BCUT2D eigenvalue weighted by molar-refractivity contribution is 5.48. The number of ether oxygens (including phenoxy) is 1. The lowest BCUT2D eigenvalue weighted by Crippen LogP contribution is -2.08. The highest BCUT2D eigenvalue weighted by atomic mass is 16.6. The Morgan fingerprint density at radius 1 is 1.50 bits per heavy atom. The number of hydrogen-bond acceptors (Lipinski definition) is 5. The first kappa shape index (κ1) is 14.2. The van der Waals surface area contributed by atoms with Crippen LogP contribution >= 0.6 is 0 Å². The fourth-order valence-electron chi connectivity index (χ4n) is 1.27. The summed E-state index contributed by atoms with van der Waals surface area (Å²) >= 11 is 0. The molecule has 0 unspecified atom stereocenters. The van der Waals surface area contributed by atoms with Gasteiger partial charge in [0.25, 0.3) is 5.69 Å². The predicted molar refractivity (Wildman–Crippen MR) is 70.0 cm³/mol. The first-order chi connectivity index (χ1) is 8.52. The van der Waals surface area contributed by atoms with Crippen molar-refractivity contribution < 1.29 is 9.66 Å². The molecule has 0 bridgehead atoms. The Labute approximate surface area is 107 Å². The molecule has 18 heavy (non-hydrogen) atoms. The number of rotatable bonds is 7. The van der Waals surface area contributed by atoms with E-state index in [0.717, 1.165) is 13.0 Å². The minimum atomic E-state index is -0.443. The van der Waals surface area contributed by atoms with Crippen LogP contribution < -0.4 is 10.1 Å². The van der Waals surface area contributed by atoms with Gasteiger partial charge in [0.15, 0.2) is 0 Å². The monoisotopic (exact) mass is 253 g/mol. The van der Waals surface area contributed by atoms with Crippen molar-refractivity contribution in [3.05, 3.63) is 22.2 Å². The summed E-state index contributed by atoms with van der Waals surface area (Å²) in [6.07, 6.45) is 0.923. The number of nitrogens with zero attached hydrogens (tertiary/aromatic N) is 2. The second kappa shape index (κ2) is 6.78. The average Bonchev–Trinajstić information content (AvgIpc) is 2.33. The highest BCUT2D eigenvalue weighted by Crippen LogP contribution is 2.22. The second-order valence-corrected chi connectivity index (χ2v) is 4.44. The lowest BCUT2D eigenvalue weighted by molar-refractivity contribution is -0.384. The van der Waals surface area contributed by atoms with Crippen molar-refractivity contribution >= 4 is 11.5 Å². The van der Waals surface area contributed by atoms with E-state index in [1.54, 1.807) is 0 Å². The normalized spacial score (nSPS) is 10.4. The van der Waals surface area contributed by atoms with Crippen LogP contribution in [0.5, 0.6) is 5.88 Å². The van der Waals surface area contributed by atoms with Crippen LogP contribution in [0, 0.1) is 16.0 Å². The van der Waals surface area contributed by atoms with Gasteiger partial charge in [-0.25, -0.2) is 0 Å². The van der Waals surface area contributed by atoms with E-state index < -0.39 is 4.92 Å². The number of aromatic nitrogens is 1. The van der Waals surface area contributed by atoms with Gasteiger partial charge in [-0.15, -0.1) is 0 Å². The molecule has 0 aliphatic heterocycles. The molecule has 100 valence electrons. The molecule has 0 saturated carbocycles. The quantitative estimate of drug-likeness (QED) is 0.597. The number of nitro groups is 1. The molecule has 0 atom stereocenters. The Hall–Kier alpha value is -1.85. The fourth-order valence-corrected chi connectivity index (χ4v) is 1.27. The molecular weight excluding hydrogens is 234 g/mol. The van der Waals surface area contributed by atoms with Crippen molar-refractivity contribution in [3.8, 4) is 5.88 Å². The van der Waals surface area contributed by atoms with Crippen LogP contribution in [-0.4, -0.2) is 23.1 Å². The van der Waals surface area contributed by atoms with Crippen LogP contribution in [0.2, 0.25) is 0 Å². The topological polar surface area (TPSA) is 77.3 Å². The predicted octanol–water partition coefficient (Wildman–Crippen LogP) is 2.85. The molecule has 0 amide bonds. The molecule has 1 aromatic rings. The van der Waals surface area contributed by atoms with E-state index in [2.05, 4.69) is 10.3 Å². The first-order valence-electron chi connectivity index (χ1n) is 6.06. The number of nitrogens with one attached hydrogen (secondary N) is 1. The minimum Gasteiger partial charge on any atom is -0.477 e. The largest absolute Gasteiger partial charge is 0.477 e. The van der Waals surface area contributed by atoms with Crippen LogP contribution in [-0.2, 0) is 0 Å². The van der Waals surface area contributed by atoms with Gasteiger partial charge in [-0.1, -0.05) is 20.8 Å². The van der Waals surface area contributed by atoms with Crippen molar-refractivity contribution in [1.82, 2.24) is 4.98 Å². The van der Waals surface area contributed by atoms with E-state index in [4.69, 9.17) is 4.74 Å². The molecule has 1 heterocycles. The molecule has 0 spiro atoms. The van der Waals surface area contributed by atoms with Gasteiger partial charge in [-0.05, 0) is 12.3 Å². The summed E-state index contributed by atoms with van der Waals surface area (Å²) in [7, 11) is 0. The van der Waals surface area contributed by atoms with Crippen LogP contribution in [0.3, 0.4) is 0 Å².